The Morgan fingerprint density at radius 3 is 2.46 bits per heavy atom. The van der Waals surface area contributed by atoms with Crippen molar-refractivity contribution < 1.29 is 23.9 Å². The number of methoxy groups -OCH3 is 1. The van der Waals surface area contributed by atoms with E-state index in [-0.39, 0.29) is 12.5 Å². The van der Waals surface area contributed by atoms with Crippen LogP contribution in [0.3, 0.4) is 0 Å². The van der Waals surface area contributed by atoms with Gasteiger partial charge >= 0.3 is 11.8 Å². The minimum Gasteiger partial charge on any atom is -0.495 e. The highest BCUT2D eigenvalue weighted by Gasteiger charge is 2.15. The standard InChI is InChI=1S/C26H26N4O5/c1-17-11-12-20(13-18(17)2)28-24(31)16-35-21-8-6-7-19(14-21)15-27-30-26(33)25(32)29-22-9-4-5-10-23(22)34-3/h4-15H,16H2,1-3H3,(H,28,31)(H,29,32)(H,30,33)/b27-15-. The molecule has 3 aromatic carbocycles. The Hall–Kier alpha value is -4.66. The van der Waals surface area contributed by atoms with E-state index in [1.165, 1.54) is 13.3 Å². The Bertz CT molecular complexity index is 1260. The highest BCUT2D eigenvalue weighted by atomic mass is 16.5. The van der Waals surface area contributed by atoms with Crippen LogP contribution < -0.4 is 25.5 Å². The Morgan fingerprint density at radius 1 is 0.886 bits per heavy atom. The molecule has 3 N–H and O–H groups in total. The summed E-state index contributed by atoms with van der Waals surface area (Å²) < 4.78 is 10.7. The largest absolute Gasteiger partial charge is 0.495 e. The van der Waals surface area contributed by atoms with E-state index in [2.05, 4.69) is 21.2 Å². The number of amides is 3. The number of hydrazone groups is 1. The van der Waals surface area contributed by atoms with Crippen molar-refractivity contribution in [1.82, 2.24) is 5.43 Å². The van der Waals surface area contributed by atoms with Crippen LogP contribution in [0.2, 0.25) is 0 Å². The molecule has 0 aliphatic carbocycles. The fourth-order valence-electron chi connectivity index (χ4n) is 2.99. The number of para-hydroxylation sites is 2. The third-order valence-electron chi connectivity index (χ3n) is 4.96. The molecule has 35 heavy (non-hydrogen) atoms. The van der Waals surface area contributed by atoms with Gasteiger partial charge in [-0.05, 0) is 66.9 Å². The molecule has 3 aromatic rings. The second-order valence-electron chi connectivity index (χ2n) is 7.56. The zero-order valence-electron chi connectivity index (χ0n) is 19.6. The molecular weight excluding hydrogens is 448 g/mol. The molecule has 3 rings (SSSR count). The summed E-state index contributed by atoms with van der Waals surface area (Å²) in [6.07, 6.45) is 1.36. The average molecular weight is 475 g/mol. The van der Waals surface area contributed by atoms with Crippen LogP contribution in [0, 0.1) is 13.8 Å². The van der Waals surface area contributed by atoms with Gasteiger partial charge in [-0.3, -0.25) is 14.4 Å². The number of rotatable bonds is 8. The predicted molar refractivity (Wildman–Crippen MR) is 134 cm³/mol. The quantitative estimate of drug-likeness (QED) is 0.263. The molecule has 9 heteroatoms. The number of aryl methyl sites for hydroxylation is 2. The summed E-state index contributed by atoms with van der Waals surface area (Å²) >= 11 is 0. The first-order chi connectivity index (χ1) is 16.9. The first-order valence-corrected chi connectivity index (χ1v) is 10.7. The van der Waals surface area contributed by atoms with Gasteiger partial charge in [0.2, 0.25) is 0 Å². The lowest BCUT2D eigenvalue weighted by atomic mass is 10.1. The predicted octanol–water partition coefficient (Wildman–Crippen LogP) is 3.42. The van der Waals surface area contributed by atoms with Gasteiger partial charge in [0.05, 0.1) is 19.0 Å². The van der Waals surface area contributed by atoms with E-state index in [1.807, 2.05) is 32.0 Å². The Labute approximate surface area is 203 Å². The van der Waals surface area contributed by atoms with E-state index in [0.717, 1.165) is 11.1 Å². The average Bonchev–Trinajstić information content (AvgIpc) is 2.85. The lowest BCUT2D eigenvalue weighted by Crippen LogP contribution is -2.32. The van der Waals surface area contributed by atoms with E-state index in [4.69, 9.17) is 9.47 Å². The van der Waals surface area contributed by atoms with Crippen molar-refractivity contribution in [2.24, 2.45) is 5.10 Å². The molecule has 9 nitrogen and oxygen atoms in total. The van der Waals surface area contributed by atoms with Crippen LogP contribution >= 0.6 is 0 Å². The zero-order valence-corrected chi connectivity index (χ0v) is 19.6. The number of carbonyl (C=O) groups is 3. The van der Waals surface area contributed by atoms with Crippen molar-refractivity contribution in [2.75, 3.05) is 24.4 Å². The van der Waals surface area contributed by atoms with Crippen molar-refractivity contribution in [1.29, 1.82) is 0 Å². The van der Waals surface area contributed by atoms with Gasteiger partial charge in [0.25, 0.3) is 5.91 Å². The van der Waals surface area contributed by atoms with Crippen LogP contribution in [0.5, 0.6) is 11.5 Å². The van der Waals surface area contributed by atoms with Crippen LogP contribution in [0.4, 0.5) is 11.4 Å². The van der Waals surface area contributed by atoms with Crippen molar-refractivity contribution in [3.8, 4) is 11.5 Å². The summed E-state index contributed by atoms with van der Waals surface area (Å²) in [6.45, 7) is 3.81. The number of ether oxygens (including phenoxy) is 2. The first-order valence-electron chi connectivity index (χ1n) is 10.7. The number of nitrogens with zero attached hydrogens (tertiary/aromatic N) is 1. The second-order valence-corrected chi connectivity index (χ2v) is 7.56. The molecule has 0 aliphatic rings. The summed E-state index contributed by atoms with van der Waals surface area (Å²) in [6, 6.07) is 19.2. The van der Waals surface area contributed by atoms with E-state index in [0.29, 0.717) is 28.4 Å². The van der Waals surface area contributed by atoms with E-state index >= 15 is 0 Å². The molecule has 0 spiro atoms. The van der Waals surface area contributed by atoms with Gasteiger partial charge in [0.15, 0.2) is 6.61 Å². The zero-order chi connectivity index (χ0) is 25.2. The number of hydrogen-bond donors (Lipinski definition) is 3. The van der Waals surface area contributed by atoms with Gasteiger partial charge in [0.1, 0.15) is 11.5 Å². The summed E-state index contributed by atoms with van der Waals surface area (Å²) in [7, 11) is 1.46. The topological polar surface area (TPSA) is 118 Å². The molecular formula is C26H26N4O5. The van der Waals surface area contributed by atoms with Gasteiger partial charge in [-0.1, -0.05) is 30.3 Å². The third-order valence-corrected chi connectivity index (χ3v) is 4.96. The SMILES string of the molecule is COc1ccccc1NC(=O)C(=O)N/N=C\c1cccc(OCC(=O)Nc2ccc(C)c(C)c2)c1. The molecule has 180 valence electrons. The minimum absolute atomic E-state index is 0.173. The third kappa shape index (κ3) is 7.43. The molecule has 0 bridgehead atoms. The van der Waals surface area contributed by atoms with E-state index in [1.54, 1.807) is 48.5 Å². The van der Waals surface area contributed by atoms with Crippen molar-refractivity contribution in [3.63, 3.8) is 0 Å². The Morgan fingerprint density at radius 2 is 1.69 bits per heavy atom. The number of hydrogen-bond acceptors (Lipinski definition) is 6. The van der Waals surface area contributed by atoms with Gasteiger partial charge in [0, 0.05) is 5.69 Å². The molecule has 0 heterocycles. The Balaban J connectivity index is 1.49. The molecule has 3 amide bonds. The van der Waals surface area contributed by atoms with Crippen molar-refractivity contribution in [3.05, 3.63) is 83.4 Å². The fraction of sp³-hybridized carbons (Fsp3) is 0.154. The van der Waals surface area contributed by atoms with Gasteiger partial charge < -0.3 is 20.1 Å². The molecule has 0 fully saturated rings. The molecule has 0 aromatic heterocycles. The number of anilines is 2. The maximum absolute atomic E-state index is 12.2. The molecule has 0 saturated heterocycles. The van der Waals surface area contributed by atoms with E-state index < -0.39 is 11.8 Å². The highest BCUT2D eigenvalue weighted by Crippen LogP contribution is 2.22. The molecule has 0 radical (unpaired) electrons. The van der Waals surface area contributed by atoms with Crippen LogP contribution in [0.25, 0.3) is 0 Å². The smallest absolute Gasteiger partial charge is 0.329 e. The van der Waals surface area contributed by atoms with Crippen LogP contribution in [-0.2, 0) is 14.4 Å². The molecule has 0 unspecified atom stereocenters. The first kappa shape index (κ1) is 25.0. The van der Waals surface area contributed by atoms with Crippen LogP contribution in [0.15, 0.2) is 71.8 Å². The Kier molecular flexibility index (Phi) is 8.55. The normalized spacial score (nSPS) is 10.5. The summed E-state index contributed by atoms with van der Waals surface area (Å²) in [5, 5.41) is 9.06. The summed E-state index contributed by atoms with van der Waals surface area (Å²) in [5.41, 5.74) is 6.06. The summed E-state index contributed by atoms with van der Waals surface area (Å²) in [5.74, 6) is -1.25. The van der Waals surface area contributed by atoms with Crippen molar-refractivity contribution in [2.45, 2.75) is 13.8 Å². The van der Waals surface area contributed by atoms with Crippen LogP contribution in [0.1, 0.15) is 16.7 Å². The molecule has 0 atom stereocenters. The molecule has 0 aliphatic heterocycles. The van der Waals surface area contributed by atoms with Gasteiger partial charge in [-0.25, -0.2) is 5.43 Å². The van der Waals surface area contributed by atoms with Crippen molar-refractivity contribution >= 4 is 35.3 Å². The summed E-state index contributed by atoms with van der Waals surface area (Å²) in [4.78, 5) is 36.3. The maximum atomic E-state index is 12.2. The number of benzene rings is 3. The number of nitrogens with one attached hydrogen (secondary N) is 3. The molecule has 0 saturated carbocycles. The highest BCUT2D eigenvalue weighted by molar-refractivity contribution is 6.39. The second kappa shape index (κ2) is 12.0. The van der Waals surface area contributed by atoms with Crippen LogP contribution in [-0.4, -0.2) is 37.7 Å². The lowest BCUT2D eigenvalue weighted by molar-refractivity contribution is -0.136. The number of carbonyl (C=O) groups excluding carboxylic acids is 3. The van der Waals surface area contributed by atoms with E-state index in [9.17, 15) is 14.4 Å². The van der Waals surface area contributed by atoms with Gasteiger partial charge in [-0.15, -0.1) is 0 Å². The monoisotopic (exact) mass is 474 g/mol. The maximum Gasteiger partial charge on any atom is 0.329 e. The minimum atomic E-state index is -0.942. The van der Waals surface area contributed by atoms with Gasteiger partial charge in [-0.2, -0.15) is 5.10 Å². The fourth-order valence-corrected chi connectivity index (χ4v) is 2.99. The lowest BCUT2D eigenvalue weighted by Gasteiger charge is -2.09.